The molecule has 0 atom stereocenters. The fraction of sp³-hybridized carbons (Fsp3) is 0.278. The summed E-state index contributed by atoms with van der Waals surface area (Å²) in [7, 11) is 0. The molecule has 0 aliphatic rings. The molecule has 0 unspecified atom stereocenters. The van der Waals surface area contributed by atoms with E-state index >= 15 is 0 Å². The van der Waals surface area contributed by atoms with Gasteiger partial charge in [-0.25, -0.2) is 0 Å². The number of nitrogens with zero attached hydrogens (tertiary/aromatic N) is 3. The summed E-state index contributed by atoms with van der Waals surface area (Å²) < 4.78 is 0. The van der Waals surface area contributed by atoms with Crippen molar-refractivity contribution in [2.75, 3.05) is 11.9 Å². The van der Waals surface area contributed by atoms with Crippen LogP contribution in [0.25, 0.3) is 0 Å². The summed E-state index contributed by atoms with van der Waals surface area (Å²) in [5.41, 5.74) is 2.69. The third-order valence-corrected chi connectivity index (χ3v) is 3.62. The van der Waals surface area contributed by atoms with Crippen LogP contribution in [0.2, 0.25) is 5.02 Å². The minimum atomic E-state index is 0.298. The second-order valence-corrected chi connectivity index (χ2v) is 5.98. The van der Waals surface area contributed by atoms with Crippen LogP contribution in [-0.4, -0.2) is 23.4 Å². The second-order valence-electron chi connectivity index (χ2n) is 5.57. The number of hydrogen-bond donors (Lipinski definition) is 2. The van der Waals surface area contributed by atoms with E-state index < -0.39 is 0 Å². The van der Waals surface area contributed by atoms with Crippen molar-refractivity contribution < 1.29 is 0 Å². The molecule has 2 rings (SSSR count). The third kappa shape index (κ3) is 5.25. The van der Waals surface area contributed by atoms with Crippen LogP contribution in [0.5, 0.6) is 0 Å². The fourth-order valence-corrected chi connectivity index (χ4v) is 2.46. The molecule has 0 saturated carbocycles. The highest BCUT2D eigenvalue weighted by molar-refractivity contribution is 6.31. The number of aliphatic imine (C=N–C) groups is 1. The molecule has 2 N–H and O–H groups in total. The number of halogens is 1. The van der Waals surface area contributed by atoms with Crippen molar-refractivity contribution in [3.63, 3.8) is 0 Å². The Balaban J connectivity index is 2.14. The lowest BCUT2D eigenvalue weighted by molar-refractivity contribution is 0.897. The summed E-state index contributed by atoms with van der Waals surface area (Å²) in [6, 6.07) is 9.91. The first kappa shape index (κ1) is 17.8. The minimum Gasteiger partial charge on any atom is -0.382 e. The lowest BCUT2D eigenvalue weighted by Crippen LogP contribution is -2.20. The van der Waals surface area contributed by atoms with E-state index in [1.165, 1.54) is 0 Å². The van der Waals surface area contributed by atoms with Crippen molar-refractivity contribution in [1.82, 2.24) is 10.3 Å². The van der Waals surface area contributed by atoms with E-state index in [-0.39, 0.29) is 0 Å². The molecule has 0 aliphatic heterocycles. The van der Waals surface area contributed by atoms with Crippen LogP contribution in [0.15, 0.2) is 47.7 Å². The fourth-order valence-electron chi connectivity index (χ4n) is 2.23. The van der Waals surface area contributed by atoms with Gasteiger partial charge in [-0.1, -0.05) is 29.8 Å². The molecule has 0 aliphatic carbocycles. The lowest BCUT2D eigenvalue weighted by atomic mass is 10.1. The summed E-state index contributed by atoms with van der Waals surface area (Å²) in [5.74, 6) is 0.504. The molecule has 0 bridgehead atoms. The van der Waals surface area contributed by atoms with E-state index in [0.717, 1.165) is 21.8 Å². The van der Waals surface area contributed by atoms with E-state index in [1.807, 2.05) is 36.5 Å². The van der Waals surface area contributed by atoms with Crippen LogP contribution in [0.3, 0.4) is 0 Å². The molecular weight excluding hydrogens is 322 g/mol. The molecule has 5 nitrogen and oxygen atoms in total. The number of rotatable bonds is 6. The normalized spacial score (nSPS) is 11.2. The molecule has 0 radical (unpaired) electrons. The zero-order chi connectivity index (χ0) is 17.4. The number of benzene rings is 1. The molecular formula is C18H20ClN5. The quantitative estimate of drug-likeness (QED) is 0.364. The second kappa shape index (κ2) is 8.90. The van der Waals surface area contributed by atoms with Gasteiger partial charge in [-0.15, -0.1) is 0 Å². The largest absolute Gasteiger partial charge is 0.382 e. The average Bonchev–Trinajstić information content (AvgIpc) is 2.55. The molecule has 1 aromatic carbocycles. The molecule has 2 aromatic rings. The Morgan fingerprint density at radius 3 is 2.83 bits per heavy atom. The van der Waals surface area contributed by atoms with Crippen molar-refractivity contribution in [1.29, 1.82) is 5.26 Å². The Morgan fingerprint density at radius 1 is 1.33 bits per heavy atom. The Bertz CT molecular complexity index is 749. The van der Waals surface area contributed by atoms with Gasteiger partial charge in [0.05, 0.1) is 5.69 Å². The molecule has 1 heterocycles. The van der Waals surface area contributed by atoms with Crippen LogP contribution in [0.4, 0.5) is 5.69 Å². The molecule has 1 aromatic heterocycles. The van der Waals surface area contributed by atoms with Crippen molar-refractivity contribution in [3.05, 3.63) is 58.9 Å². The number of anilines is 1. The Labute approximate surface area is 147 Å². The first-order valence-electron chi connectivity index (χ1n) is 7.75. The van der Waals surface area contributed by atoms with Crippen LogP contribution < -0.4 is 10.6 Å². The van der Waals surface area contributed by atoms with Crippen molar-refractivity contribution in [3.8, 4) is 6.19 Å². The highest BCUT2D eigenvalue weighted by Crippen LogP contribution is 2.15. The molecule has 124 valence electrons. The highest BCUT2D eigenvalue weighted by atomic mass is 35.5. The van der Waals surface area contributed by atoms with E-state index in [2.05, 4.69) is 34.5 Å². The van der Waals surface area contributed by atoms with E-state index in [9.17, 15) is 0 Å². The number of pyridine rings is 1. The van der Waals surface area contributed by atoms with Crippen LogP contribution >= 0.6 is 11.6 Å². The first-order chi connectivity index (χ1) is 11.6. The van der Waals surface area contributed by atoms with Crippen molar-refractivity contribution in [2.24, 2.45) is 4.99 Å². The molecule has 24 heavy (non-hydrogen) atoms. The predicted molar refractivity (Wildman–Crippen MR) is 98.3 cm³/mol. The molecule has 0 spiro atoms. The van der Waals surface area contributed by atoms with Gasteiger partial charge in [0.1, 0.15) is 5.84 Å². The van der Waals surface area contributed by atoms with Gasteiger partial charge in [-0.3, -0.25) is 15.3 Å². The maximum absolute atomic E-state index is 8.97. The molecule has 6 heteroatoms. The maximum Gasteiger partial charge on any atom is 0.182 e. The van der Waals surface area contributed by atoms with E-state index in [0.29, 0.717) is 24.8 Å². The molecule has 0 fully saturated rings. The van der Waals surface area contributed by atoms with Gasteiger partial charge in [-0.2, -0.15) is 5.26 Å². The number of hydrogen-bond acceptors (Lipinski definition) is 4. The topological polar surface area (TPSA) is 73.1 Å². The SMILES string of the molecule is CC(C)Nc1cncc(C(=NCCc2ccccc2Cl)NC#N)c1. The van der Waals surface area contributed by atoms with Gasteiger partial charge in [0.25, 0.3) is 0 Å². The van der Waals surface area contributed by atoms with Gasteiger partial charge >= 0.3 is 0 Å². The zero-order valence-corrected chi connectivity index (χ0v) is 14.5. The predicted octanol–water partition coefficient (Wildman–Crippen LogP) is 3.62. The highest BCUT2D eigenvalue weighted by Gasteiger charge is 2.06. The number of nitriles is 1. The standard InChI is InChI=1S/C18H20ClN5/c1-13(2)24-16-9-15(10-21-11-16)18(23-12-20)22-8-7-14-5-3-4-6-17(14)19/h3-6,9-11,13,24H,7-8H2,1-2H3,(H,22,23). The summed E-state index contributed by atoms with van der Waals surface area (Å²) in [6.45, 7) is 4.63. The summed E-state index contributed by atoms with van der Waals surface area (Å²) in [5, 5.41) is 15.6. The van der Waals surface area contributed by atoms with Crippen molar-refractivity contribution >= 4 is 23.1 Å². The summed E-state index contributed by atoms with van der Waals surface area (Å²) in [6.07, 6.45) is 6.07. The van der Waals surface area contributed by atoms with E-state index in [4.69, 9.17) is 16.9 Å². The zero-order valence-electron chi connectivity index (χ0n) is 13.8. The Kier molecular flexibility index (Phi) is 6.59. The first-order valence-corrected chi connectivity index (χ1v) is 8.13. The number of nitrogens with one attached hydrogen (secondary N) is 2. The van der Waals surface area contributed by atoms with Gasteiger partial charge in [0.2, 0.25) is 0 Å². The van der Waals surface area contributed by atoms with Crippen LogP contribution in [0, 0.1) is 11.5 Å². The van der Waals surface area contributed by atoms with Gasteiger partial charge in [0, 0.05) is 35.6 Å². The maximum atomic E-state index is 8.97. The summed E-state index contributed by atoms with van der Waals surface area (Å²) >= 11 is 6.15. The van der Waals surface area contributed by atoms with Crippen molar-refractivity contribution in [2.45, 2.75) is 26.3 Å². The van der Waals surface area contributed by atoms with Crippen LogP contribution in [0.1, 0.15) is 25.0 Å². The Morgan fingerprint density at radius 2 is 2.12 bits per heavy atom. The van der Waals surface area contributed by atoms with Crippen LogP contribution in [-0.2, 0) is 6.42 Å². The van der Waals surface area contributed by atoms with Gasteiger partial charge in [-0.05, 0) is 38.0 Å². The van der Waals surface area contributed by atoms with Gasteiger partial charge < -0.3 is 5.32 Å². The number of aromatic nitrogens is 1. The average molecular weight is 342 g/mol. The monoisotopic (exact) mass is 341 g/mol. The number of amidine groups is 1. The lowest BCUT2D eigenvalue weighted by Gasteiger charge is -2.11. The smallest absolute Gasteiger partial charge is 0.182 e. The molecule has 0 amide bonds. The molecule has 0 saturated heterocycles. The third-order valence-electron chi connectivity index (χ3n) is 3.25. The Hall–Kier alpha value is -2.58. The minimum absolute atomic E-state index is 0.298. The summed E-state index contributed by atoms with van der Waals surface area (Å²) in [4.78, 5) is 8.70. The van der Waals surface area contributed by atoms with Gasteiger partial charge in [0.15, 0.2) is 6.19 Å². The van der Waals surface area contributed by atoms with E-state index in [1.54, 1.807) is 12.4 Å².